The van der Waals surface area contributed by atoms with Crippen LogP contribution in [-0.4, -0.2) is 23.6 Å². The number of hydrogen-bond donors (Lipinski definition) is 3. The molecule has 0 fully saturated rings. The summed E-state index contributed by atoms with van der Waals surface area (Å²) in [6.45, 7) is 4.43. The highest BCUT2D eigenvalue weighted by atomic mass is 16.4. The Morgan fingerprint density at radius 1 is 1.33 bits per heavy atom. The molecular formula is C10H21N3O2. The number of carbonyl (C=O) groups is 1. The molecule has 5 heteroatoms. The van der Waals surface area contributed by atoms with Gasteiger partial charge in [-0.05, 0) is 18.8 Å². The van der Waals surface area contributed by atoms with E-state index in [1.165, 1.54) is 0 Å². The van der Waals surface area contributed by atoms with Gasteiger partial charge in [-0.3, -0.25) is 9.79 Å². The number of aliphatic carboxylic acids is 1. The number of nitrogens with two attached hydrogens (primary N) is 2. The van der Waals surface area contributed by atoms with Gasteiger partial charge < -0.3 is 16.6 Å². The van der Waals surface area contributed by atoms with Crippen LogP contribution in [-0.2, 0) is 4.79 Å². The zero-order valence-electron chi connectivity index (χ0n) is 9.44. The Balaban J connectivity index is 3.73. The average molecular weight is 215 g/mol. The first-order chi connectivity index (χ1) is 6.95. The van der Waals surface area contributed by atoms with Gasteiger partial charge in [-0.2, -0.15) is 0 Å². The molecule has 0 spiro atoms. The average Bonchev–Trinajstić information content (AvgIpc) is 2.08. The molecule has 0 radical (unpaired) electrons. The second-order valence-electron chi connectivity index (χ2n) is 3.99. The van der Waals surface area contributed by atoms with Crippen molar-refractivity contribution in [2.45, 2.75) is 33.1 Å². The molecule has 0 aliphatic rings. The molecule has 5 N–H and O–H groups in total. The highest BCUT2D eigenvalue weighted by Crippen LogP contribution is 2.18. The lowest BCUT2D eigenvalue weighted by Crippen LogP contribution is -2.23. The summed E-state index contributed by atoms with van der Waals surface area (Å²) >= 11 is 0. The van der Waals surface area contributed by atoms with E-state index in [-0.39, 0.29) is 17.8 Å². The highest BCUT2D eigenvalue weighted by Gasteiger charge is 2.20. The topological polar surface area (TPSA) is 102 Å². The summed E-state index contributed by atoms with van der Waals surface area (Å²) in [5.41, 5.74) is 10.3. The van der Waals surface area contributed by atoms with Crippen molar-refractivity contribution in [1.29, 1.82) is 0 Å². The third-order valence-corrected chi connectivity index (χ3v) is 2.34. The van der Waals surface area contributed by atoms with E-state index in [1.807, 2.05) is 13.8 Å². The largest absolute Gasteiger partial charge is 0.481 e. The Morgan fingerprint density at radius 3 is 2.33 bits per heavy atom. The van der Waals surface area contributed by atoms with Gasteiger partial charge in [0.05, 0.1) is 5.92 Å². The number of hydrogen-bond acceptors (Lipinski definition) is 2. The fraction of sp³-hybridized carbons (Fsp3) is 0.800. The van der Waals surface area contributed by atoms with Crippen LogP contribution in [0.4, 0.5) is 0 Å². The zero-order valence-corrected chi connectivity index (χ0v) is 9.44. The van der Waals surface area contributed by atoms with Crippen molar-refractivity contribution >= 4 is 11.9 Å². The van der Waals surface area contributed by atoms with E-state index < -0.39 is 5.97 Å². The van der Waals surface area contributed by atoms with E-state index in [2.05, 4.69) is 4.99 Å². The van der Waals surface area contributed by atoms with Crippen molar-refractivity contribution in [2.75, 3.05) is 6.54 Å². The molecule has 0 aromatic rings. The number of carboxylic acids is 1. The van der Waals surface area contributed by atoms with E-state index >= 15 is 0 Å². The Bertz CT molecular complexity index is 223. The lowest BCUT2D eigenvalue weighted by molar-refractivity contribution is -0.143. The first-order valence-corrected chi connectivity index (χ1v) is 5.23. The molecule has 0 bridgehead atoms. The molecule has 5 nitrogen and oxygen atoms in total. The summed E-state index contributed by atoms with van der Waals surface area (Å²) in [6.07, 6.45) is 2.35. The first-order valence-electron chi connectivity index (χ1n) is 5.23. The van der Waals surface area contributed by atoms with Crippen LogP contribution in [0, 0.1) is 11.8 Å². The molecule has 0 aliphatic heterocycles. The summed E-state index contributed by atoms with van der Waals surface area (Å²) < 4.78 is 0. The predicted octanol–water partition coefficient (Wildman–Crippen LogP) is 0.787. The third-order valence-electron chi connectivity index (χ3n) is 2.34. The maximum Gasteiger partial charge on any atom is 0.306 e. The van der Waals surface area contributed by atoms with Crippen LogP contribution in [0.25, 0.3) is 0 Å². The number of guanidine groups is 1. The smallest absolute Gasteiger partial charge is 0.306 e. The monoisotopic (exact) mass is 215 g/mol. The molecule has 0 aromatic carbocycles. The normalized spacial score (nSPS) is 12.5. The number of unbranched alkanes of at least 4 members (excludes halogenated alkanes) is 1. The molecule has 0 amide bonds. The minimum absolute atomic E-state index is 0.0913. The molecule has 0 saturated heterocycles. The second kappa shape index (κ2) is 7.09. The molecule has 88 valence electrons. The summed E-state index contributed by atoms with van der Waals surface area (Å²) in [5.74, 6) is -0.713. The minimum atomic E-state index is -0.716. The molecular weight excluding hydrogens is 194 g/mol. The van der Waals surface area contributed by atoms with Crippen molar-refractivity contribution in [3.05, 3.63) is 0 Å². The summed E-state index contributed by atoms with van der Waals surface area (Å²) in [6, 6.07) is 0. The van der Waals surface area contributed by atoms with Crippen LogP contribution >= 0.6 is 0 Å². The van der Waals surface area contributed by atoms with E-state index in [0.717, 1.165) is 12.8 Å². The van der Waals surface area contributed by atoms with Crippen LogP contribution in [0.2, 0.25) is 0 Å². The Kier molecular flexibility index (Phi) is 6.49. The quantitative estimate of drug-likeness (QED) is 0.332. The van der Waals surface area contributed by atoms with E-state index in [0.29, 0.717) is 13.0 Å². The molecule has 15 heavy (non-hydrogen) atoms. The van der Waals surface area contributed by atoms with Crippen molar-refractivity contribution in [2.24, 2.45) is 28.3 Å². The first kappa shape index (κ1) is 13.7. The van der Waals surface area contributed by atoms with Gasteiger partial charge in [-0.1, -0.05) is 20.3 Å². The molecule has 1 atom stereocenters. The lowest BCUT2D eigenvalue weighted by atomic mass is 9.91. The van der Waals surface area contributed by atoms with Gasteiger partial charge in [0.15, 0.2) is 5.96 Å². The second-order valence-corrected chi connectivity index (χ2v) is 3.99. The molecule has 0 aromatic heterocycles. The van der Waals surface area contributed by atoms with Gasteiger partial charge in [0.2, 0.25) is 0 Å². The molecule has 0 saturated carbocycles. The maximum atomic E-state index is 10.8. The van der Waals surface area contributed by atoms with Crippen LogP contribution in [0.1, 0.15) is 33.1 Å². The zero-order chi connectivity index (χ0) is 11.8. The Labute approximate surface area is 90.6 Å². The van der Waals surface area contributed by atoms with Gasteiger partial charge in [0, 0.05) is 6.54 Å². The van der Waals surface area contributed by atoms with Crippen molar-refractivity contribution in [1.82, 2.24) is 0 Å². The summed E-state index contributed by atoms with van der Waals surface area (Å²) in [5, 5.41) is 8.92. The molecule has 0 rings (SSSR count). The predicted molar refractivity (Wildman–Crippen MR) is 60.5 cm³/mol. The van der Waals surface area contributed by atoms with Crippen molar-refractivity contribution in [3.63, 3.8) is 0 Å². The van der Waals surface area contributed by atoms with Crippen LogP contribution in [0.5, 0.6) is 0 Å². The van der Waals surface area contributed by atoms with Gasteiger partial charge in [0.25, 0.3) is 0 Å². The van der Waals surface area contributed by atoms with Crippen LogP contribution in [0.3, 0.4) is 0 Å². The molecule has 1 unspecified atom stereocenters. The fourth-order valence-corrected chi connectivity index (χ4v) is 1.43. The lowest BCUT2D eigenvalue weighted by Gasteiger charge is -2.15. The molecule has 0 aliphatic carbocycles. The Morgan fingerprint density at radius 2 is 1.93 bits per heavy atom. The van der Waals surface area contributed by atoms with Crippen LogP contribution < -0.4 is 11.5 Å². The number of nitrogens with zero attached hydrogens (tertiary/aromatic N) is 1. The number of rotatable bonds is 7. The van der Waals surface area contributed by atoms with Gasteiger partial charge in [0.1, 0.15) is 0 Å². The van der Waals surface area contributed by atoms with Crippen molar-refractivity contribution in [3.8, 4) is 0 Å². The number of aliphatic imine (C=N–C) groups is 1. The SMILES string of the molecule is CC(C)C(CCCCN=C(N)N)C(=O)O. The van der Waals surface area contributed by atoms with Crippen LogP contribution in [0.15, 0.2) is 4.99 Å². The summed E-state index contributed by atoms with van der Waals surface area (Å²) in [7, 11) is 0. The van der Waals surface area contributed by atoms with Gasteiger partial charge in [-0.15, -0.1) is 0 Å². The van der Waals surface area contributed by atoms with Gasteiger partial charge >= 0.3 is 5.97 Å². The highest BCUT2D eigenvalue weighted by molar-refractivity contribution is 5.75. The standard InChI is InChI=1S/C10H21N3O2/c1-7(2)8(9(14)15)5-3-4-6-13-10(11)12/h7-8H,3-6H2,1-2H3,(H,14,15)(H4,11,12,13). The fourth-order valence-electron chi connectivity index (χ4n) is 1.43. The number of carboxylic acid groups (broad SMARTS) is 1. The van der Waals surface area contributed by atoms with Crippen molar-refractivity contribution < 1.29 is 9.90 Å². The third kappa shape index (κ3) is 6.76. The minimum Gasteiger partial charge on any atom is -0.481 e. The van der Waals surface area contributed by atoms with E-state index in [9.17, 15) is 4.79 Å². The maximum absolute atomic E-state index is 10.8. The molecule has 0 heterocycles. The van der Waals surface area contributed by atoms with E-state index in [1.54, 1.807) is 0 Å². The Hall–Kier alpha value is -1.26. The summed E-state index contributed by atoms with van der Waals surface area (Å²) in [4.78, 5) is 14.7. The van der Waals surface area contributed by atoms with Gasteiger partial charge in [-0.25, -0.2) is 0 Å². The van der Waals surface area contributed by atoms with E-state index in [4.69, 9.17) is 16.6 Å².